The quantitative estimate of drug-likeness (QED) is 0.321. The second-order valence-corrected chi connectivity index (χ2v) is 8.06. The van der Waals surface area contributed by atoms with Crippen LogP contribution in [-0.4, -0.2) is 42.1 Å². The maximum Gasteiger partial charge on any atom is 0.337 e. The molecule has 1 aliphatic rings. The fourth-order valence-corrected chi connectivity index (χ4v) is 4.17. The van der Waals surface area contributed by atoms with Crippen molar-refractivity contribution in [1.29, 1.82) is 0 Å². The van der Waals surface area contributed by atoms with Gasteiger partial charge in [-0.15, -0.1) is 0 Å². The van der Waals surface area contributed by atoms with Crippen molar-refractivity contribution in [3.8, 4) is 11.4 Å². The number of hydrogen-bond donors (Lipinski definition) is 1. The number of para-hydroxylation sites is 2. The number of rotatable bonds is 6. The van der Waals surface area contributed by atoms with Gasteiger partial charge in [0.05, 0.1) is 25.0 Å². The molecule has 0 saturated carbocycles. The third-order valence-corrected chi connectivity index (χ3v) is 5.80. The number of aryl methyl sites for hydroxylation is 1. The number of anilines is 1. The number of amides is 4. The SMILES string of the molecule is CCOc1ccccc1N1C(=O)NC(=O)/C(=C\c2cc(C)n(-c3cccc(C(=O)OC)c3)c2C)C1=O. The Balaban J connectivity index is 1.76. The van der Waals surface area contributed by atoms with Gasteiger partial charge in [-0.25, -0.2) is 14.5 Å². The van der Waals surface area contributed by atoms with E-state index < -0.39 is 23.8 Å². The van der Waals surface area contributed by atoms with Gasteiger partial charge in [-0.2, -0.15) is 0 Å². The number of hydrogen-bond acceptors (Lipinski definition) is 6. The lowest BCUT2D eigenvalue weighted by Crippen LogP contribution is -2.54. The molecule has 1 aliphatic heterocycles. The van der Waals surface area contributed by atoms with Crippen LogP contribution in [0.15, 0.2) is 60.2 Å². The number of barbiturate groups is 1. The van der Waals surface area contributed by atoms with Gasteiger partial charge < -0.3 is 14.0 Å². The summed E-state index contributed by atoms with van der Waals surface area (Å²) in [6, 6.07) is 14.5. The number of carbonyl (C=O) groups excluding carboxylic acids is 4. The van der Waals surface area contributed by atoms with Crippen LogP contribution >= 0.6 is 0 Å². The first kappa shape index (κ1) is 24.5. The summed E-state index contributed by atoms with van der Waals surface area (Å²) in [5.74, 6) is -1.65. The van der Waals surface area contributed by atoms with E-state index in [-0.39, 0.29) is 11.3 Å². The maximum absolute atomic E-state index is 13.4. The maximum atomic E-state index is 13.4. The third-order valence-electron chi connectivity index (χ3n) is 5.80. The zero-order valence-electron chi connectivity index (χ0n) is 20.3. The molecule has 9 heteroatoms. The summed E-state index contributed by atoms with van der Waals surface area (Å²) in [5, 5.41) is 2.24. The highest BCUT2D eigenvalue weighted by Gasteiger charge is 2.38. The Hall–Kier alpha value is -4.66. The number of nitrogens with zero attached hydrogens (tertiary/aromatic N) is 2. The van der Waals surface area contributed by atoms with E-state index in [2.05, 4.69) is 5.32 Å². The van der Waals surface area contributed by atoms with Crippen molar-refractivity contribution >= 4 is 35.6 Å². The number of carbonyl (C=O) groups is 4. The zero-order valence-corrected chi connectivity index (χ0v) is 20.3. The molecule has 4 amide bonds. The number of urea groups is 1. The standard InChI is InChI=1S/C27H25N3O6/c1-5-36-23-12-7-6-11-22(23)30-25(32)21(24(31)28-27(30)34)15-19-13-16(2)29(17(19)3)20-10-8-9-18(14-20)26(33)35-4/h6-15H,5H2,1-4H3,(H,28,31,34)/b21-15+. The smallest absolute Gasteiger partial charge is 0.337 e. The van der Waals surface area contributed by atoms with Gasteiger partial charge in [-0.3, -0.25) is 14.9 Å². The lowest BCUT2D eigenvalue weighted by Gasteiger charge is -2.27. The molecule has 2 heterocycles. The molecule has 4 rings (SSSR count). The first-order valence-electron chi connectivity index (χ1n) is 11.3. The van der Waals surface area contributed by atoms with Crippen LogP contribution in [0.25, 0.3) is 11.8 Å². The predicted molar refractivity (Wildman–Crippen MR) is 133 cm³/mol. The minimum Gasteiger partial charge on any atom is -0.492 e. The highest BCUT2D eigenvalue weighted by molar-refractivity contribution is 6.39. The Bertz CT molecular complexity index is 1420. The van der Waals surface area contributed by atoms with Gasteiger partial charge in [0.15, 0.2) is 0 Å². The molecular weight excluding hydrogens is 462 g/mol. The van der Waals surface area contributed by atoms with E-state index >= 15 is 0 Å². The fourth-order valence-electron chi connectivity index (χ4n) is 4.17. The summed E-state index contributed by atoms with van der Waals surface area (Å²) < 4.78 is 12.3. The molecule has 2 aromatic carbocycles. The molecule has 0 bridgehead atoms. The van der Waals surface area contributed by atoms with E-state index in [4.69, 9.17) is 9.47 Å². The zero-order chi connectivity index (χ0) is 26.0. The molecule has 0 unspecified atom stereocenters. The van der Waals surface area contributed by atoms with Crippen molar-refractivity contribution in [2.45, 2.75) is 20.8 Å². The lowest BCUT2D eigenvalue weighted by molar-refractivity contribution is -0.122. The van der Waals surface area contributed by atoms with Gasteiger partial charge in [0.1, 0.15) is 11.3 Å². The Morgan fingerprint density at radius 3 is 2.50 bits per heavy atom. The van der Waals surface area contributed by atoms with Gasteiger partial charge in [0.25, 0.3) is 11.8 Å². The van der Waals surface area contributed by atoms with E-state index in [0.29, 0.717) is 23.5 Å². The fraction of sp³-hybridized carbons (Fsp3) is 0.185. The van der Waals surface area contributed by atoms with E-state index in [1.54, 1.807) is 49.4 Å². The number of esters is 1. The first-order valence-corrected chi connectivity index (χ1v) is 11.3. The molecule has 0 radical (unpaired) electrons. The summed E-state index contributed by atoms with van der Waals surface area (Å²) in [7, 11) is 1.32. The molecular formula is C27H25N3O6. The van der Waals surface area contributed by atoms with E-state index in [9.17, 15) is 19.2 Å². The summed E-state index contributed by atoms with van der Waals surface area (Å²) in [5.41, 5.74) is 3.34. The largest absolute Gasteiger partial charge is 0.492 e. The van der Waals surface area contributed by atoms with E-state index in [1.165, 1.54) is 13.2 Å². The molecule has 9 nitrogen and oxygen atoms in total. The van der Waals surface area contributed by atoms with Crippen LogP contribution in [0.1, 0.15) is 34.2 Å². The molecule has 36 heavy (non-hydrogen) atoms. The number of nitrogens with one attached hydrogen (secondary N) is 1. The van der Waals surface area contributed by atoms with Crippen molar-refractivity contribution in [1.82, 2.24) is 9.88 Å². The van der Waals surface area contributed by atoms with E-state index in [1.807, 2.05) is 30.5 Å². The Morgan fingerprint density at radius 1 is 1.03 bits per heavy atom. The van der Waals surface area contributed by atoms with Crippen LogP contribution in [0.5, 0.6) is 5.75 Å². The number of aromatic nitrogens is 1. The van der Waals surface area contributed by atoms with Gasteiger partial charge in [-0.1, -0.05) is 18.2 Å². The minimum atomic E-state index is -0.848. The second kappa shape index (κ2) is 9.91. The molecule has 0 spiro atoms. The van der Waals surface area contributed by atoms with Crippen LogP contribution in [0, 0.1) is 13.8 Å². The van der Waals surface area contributed by atoms with Crippen molar-refractivity contribution in [2.75, 3.05) is 18.6 Å². The normalized spacial score (nSPS) is 14.7. The summed E-state index contributed by atoms with van der Waals surface area (Å²) >= 11 is 0. The summed E-state index contributed by atoms with van der Waals surface area (Å²) in [4.78, 5) is 51.6. The average molecular weight is 488 g/mol. The minimum absolute atomic E-state index is 0.190. The van der Waals surface area contributed by atoms with Crippen molar-refractivity contribution in [3.63, 3.8) is 0 Å². The van der Waals surface area contributed by atoms with Crippen LogP contribution in [0.4, 0.5) is 10.5 Å². The Labute approximate surface area is 207 Å². The molecule has 1 saturated heterocycles. The predicted octanol–water partition coefficient (Wildman–Crippen LogP) is 3.95. The van der Waals surface area contributed by atoms with Crippen molar-refractivity contribution in [2.24, 2.45) is 0 Å². The number of benzene rings is 2. The van der Waals surface area contributed by atoms with Gasteiger partial charge >= 0.3 is 12.0 Å². The van der Waals surface area contributed by atoms with Crippen LogP contribution < -0.4 is 15.0 Å². The number of methoxy groups -OCH3 is 1. The van der Waals surface area contributed by atoms with Crippen molar-refractivity contribution < 1.29 is 28.7 Å². The molecule has 0 aliphatic carbocycles. The van der Waals surface area contributed by atoms with Crippen molar-refractivity contribution in [3.05, 3.63) is 82.7 Å². The molecule has 0 atom stereocenters. The third kappa shape index (κ3) is 4.38. The molecule has 1 aromatic heterocycles. The second-order valence-electron chi connectivity index (χ2n) is 8.06. The summed E-state index contributed by atoms with van der Waals surface area (Å²) in [6.45, 7) is 5.84. The highest BCUT2D eigenvalue weighted by Crippen LogP contribution is 2.32. The average Bonchev–Trinajstić information content (AvgIpc) is 3.14. The highest BCUT2D eigenvalue weighted by atomic mass is 16.5. The number of ether oxygens (including phenoxy) is 2. The van der Waals surface area contributed by atoms with Gasteiger partial charge in [-0.05, 0) is 68.8 Å². The Kier molecular flexibility index (Phi) is 6.73. The lowest BCUT2D eigenvalue weighted by atomic mass is 10.1. The van der Waals surface area contributed by atoms with Gasteiger partial charge in [0, 0.05) is 17.1 Å². The van der Waals surface area contributed by atoms with E-state index in [0.717, 1.165) is 22.0 Å². The monoisotopic (exact) mass is 487 g/mol. The molecule has 184 valence electrons. The number of imide groups is 2. The van der Waals surface area contributed by atoms with Crippen LogP contribution in [-0.2, 0) is 14.3 Å². The topological polar surface area (TPSA) is 107 Å². The van der Waals surface area contributed by atoms with Crippen LogP contribution in [0.3, 0.4) is 0 Å². The first-order chi connectivity index (χ1) is 17.3. The van der Waals surface area contributed by atoms with Crippen LogP contribution in [0.2, 0.25) is 0 Å². The summed E-state index contributed by atoms with van der Waals surface area (Å²) in [6.07, 6.45) is 1.46. The molecule has 1 fully saturated rings. The van der Waals surface area contributed by atoms with Gasteiger partial charge in [0.2, 0.25) is 0 Å². The molecule has 1 N–H and O–H groups in total. The molecule has 3 aromatic rings. The Morgan fingerprint density at radius 2 is 1.78 bits per heavy atom.